The van der Waals surface area contributed by atoms with Gasteiger partial charge in [0, 0.05) is 29.4 Å². The zero-order valence-corrected chi connectivity index (χ0v) is 16.3. The Balaban J connectivity index is 1.60. The number of hydrogen-bond donors (Lipinski definition) is 3. The van der Waals surface area contributed by atoms with Crippen LogP contribution in [0.1, 0.15) is 44.3 Å². The van der Waals surface area contributed by atoms with Crippen LogP contribution in [0.4, 0.5) is 5.69 Å². The number of carbonyl (C=O) groups is 2. The second kappa shape index (κ2) is 7.87. The molecule has 1 aliphatic rings. The number of phenolic OH excluding ortho intramolecular Hbond substituents is 1. The van der Waals surface area contributed by atoms with E-state index in [-0.39, 0.29) is 23.0 Å². The van der Waals surface area contributed by atoms with Crippen molar-refractivity contribution in [3.8, 4) is 11.5 Å². The molecule has 1 amide bonds. The molecule has 2 aromatic carbocycles. The van der Waals surface area contributed by atoms with Crippen molar-refractivity contribution in [1.29, 1.82) is 0 Å². The minimum absolute atomic E-state index is 0.00750. The van der Waals surface area contributed by atoms with Crippen molar-refractivity contribution in [1.82, 2.24) is 4.98 Å². The van der Waals surface area contributed by atoms with E-state index in [1.165, 1.54) is 18.2 Å². The van der Waals surface area contributed by atoms with Gasteiger partial charge in [-0.2, -0.15) is 0 Å². The zero-order valence-electron chi connectivity index (χ0n) is 16.3. The summed E-state index contributed by atoms with van der Waals surface area (Å²) in [5.74, 6) is -0.100. The predicted octanol–water partition coefficient (Wildman–Crippen LogP) is 3.25. The zero-order chi connectivity index (χ0) is 21.3. The highest BCUT2D eigenvalue weighted by molar-refractivity contribution is 6.06. The second-order valence-electron chi connectivity index (χ2n) is 7.21. The summed E-state index contributed by atoms with van der Waals surface area (Å²) < 4.78 is 5.17. The normalized spacial score (nSPS) is 15.4. The third-order valence-electron chi connectivity index (χ3n) is 5.24. The van der Waals surface area contributed by atoms with Crippen LogP contribution in [0.2, 0.25) is 0 Å². The number of Topliss-reactive ketones (excluding diaryl/α,β-unsaturated/α-hetero) is 1. The molecule has 4 rings (SSSR count). The molecule has 1 heterocycles. The Hall–Kier alpha value is -3.87. The van der Waals surface area contributed by atoms with Gasteiger partial charge in [0.05, 0.1) is 7.11 Å². The summed E-state index contributed by atoms with van der Waals surface area (Å²) in [4.78, 5) is 40.6. The van der Waals surface area contributed by atoms with Crippen molar-refractivity contribution >= 4 is 17.4 Å². The van der Waals surface area contributed by atoms with Crippen LogP contribution in [0.25, 0.3) is 0 Å². The molecule has 0 fully saturated rings. The number of aromatic amines is 1. The van der Waals surface area contributed by atoms with E-state index in [1.54, 1.807) is 19.2 Å². The Labute approximate surface area is 172 Å². The van der Waals surface area contributed by atoms with E-state index in [2.05, 4.69) is 10.3 Å². The number of phenols is 1. The monoisotopic (exact) mass is 404 g/mol. The number of anilines is 1. The molecule has 7 nitrogen and oxygen atoms in total. The van der Waals surface area contributed by atoms with E-state index < -0.39 is 11.5 Å². The molecule has 7 heteroatoms. The molecule has 1 unspecified atom stereocenters. The van der Waals surface area contributed by atoms with E-state index in [4.69, 9.17) is 4.74 Å². The molecule has 3 aromatic rings. The number of rotatable bonds is 4. The minimum atomic E-state index is -0.644. The Bertz CT molecular complexity index is 1180. The molecule has 0 saturated carbocycles. The molecule has 1 aromatic heterocycles. The fourth-order valence-corrected chi connectivity index (χ4v) is 3.69. The molecule has 1 aliphatic carbocycles. The number of benzene rings is 2. The van der Waals surface area contributed by atoms with Gasteiger partial charge in [0.1, 0.15) is 17.1 Å². The van der Waals surface area contributed by atoms with E-state index in [0.717, 1.165) is 11.3 Å². The Morgan fingerprint density at radius 2 is 1.87 bits per heavy atom. The fourth-order valence-electron chi connectivity index (χ4n) is 3.69. The van der Waals surface area contributed by atoms with Gasteiger partial charge >= 0.3 is 0 Å². The lowest BCUT2D eigenvalue weighted by molar-refractivity contribution is 0.0963. The van der Waals surface area contributed by atoms with Gasteiger partial charge in [-0.25, -0.2) is 0 Å². The molecular formula is C23H20N2O5. The summed E-state index contributed by atoms with van der Waals surface area (Å²) in [6.07, 6.45) is 0.788. The summed E-state index contributed by atoms with van der Waals surface area (Å²) in [6.45, 7) is 0. The van der Waals surface area contributed by atoms with Gasteiger partial charge in [0.25, 0.3) is 11.5 Å². The molecule has 30 heavy (non-hydrogen) atoms. The smallest absolute Gasteiger partial charge is 0.261 e. The number of pyridine rings is 1. The van der Waals surface area contributed by atoms with Crippen molar-refractivity contribution in [2.24, 2.45) is 0 Å². The lowest BCUT2D eigenvalue weighted by atomic mass is 9.81. The van der Waals surface area contributed by atoms with Crippen LogP contribution >= 0.6 is 0 Å². The molecule has 152 valence electrons. The van der Waals surface area contributed by atoms with Crippen molar-refractivity contribution in [2.75, 3.05) is 12.4 Å². The lowest BCUT2D eigenvalue weighted by Crippen LogP contribution is -2.29. The maximum atomic E-state index is 12.8. The van der Waals surface area contributed by atoms with Crippen LogP contribution in [0.15, 0.2) is 59.4 Å². The summed E-state index contributed by atoms with van der Waals surface area (Å²) >= 11 is 0. The number of carbonyl (C=O) groups excluding carboxylic acids is 2. The first-order valence-electron chi connectivity index (χ1n) is 9.48. The Morgan fingerprint density at radius 3 is 2.57 bits per heavy atom. The molecule has 1 atom stereocenters. The van der Waals surface area contributed by atoms with Gasteiger partial charge in [0.2, 0.25) is 0 Å². The average Bonchev–Trinajstić information content (AvgIpc) is 2.73. The van der Waals surface area contributed by atoms with E-state index in [1.807, 2.05) is 24.3 Å². The van der Waals surface area contributed by atoms with Crippen LogP contribution in [0.3, 0.4) is 0 Å². The van der Waals surface area contributed by atoms with Crippen LogP contribution < -0.4 is 15.6 Å². The summed E-state index contributed by atoms with van der Waals surface area (Å²) in [5.41, 5.74) is 1.53. The molecule has 0 radical (unpaired) electrons. The highest BCUT2D eigenvalue weighted by Gasteiger charge is 2.29. The standard InChI is InChI=1S/C23H20N2O5/c1-30-17-7-5-13(6-8-17)14-9-20-18(21(27)10-14)12-19(23(29)25-20)22(28)24-15-3-2-4-16(26)11-15/h2-8,11-12,14,26H,9-10H2,1H3,(H,24,28)(H,25,29). The SMILES string of the molecule is COc1ccc(C2CC(=O)c3cc(C(=O)Nc4cccc(O)c4)c(=O)[nH]c3C2)cc1. The van der Waals surface area contributed by atoms with E-state index >= 15 is 0 Å². The lowest BCUT2D eigenvalue weighted by Gasteiger charge is -2.24. The molecule has 0 spiro atoms. The van der Waals surface area contributed by atoms with Crippen LogP contribution in [-0.4, -0.2) is 28.9 Å². The average molecular weight is 404 g/mol. The molecule has 0 bridgehead atoms. The van der Waals surface area contributed by atoms with Crippen molar-refractivity contribution in [2.45, 2.75) is 18.8 Å². The van der Waals surface area contributed by atoms with Gasteiger partial charge in [-0.15, -0.1) is 0 Å². The third-order valence-corrected chi connectivity index (χ3v) is 5.24. The van der Waals surface area contributed by atoms with Gasteiger partial charge < -0.3 is 20.1 Å². The van der Waals surface area contributed by atoms with Crippen LogP contribution in [0, 0.1) is 0 Å². The first-order valence-corrected chi connectivity index (χ1v) is 9.48. The highest BCUT2D eigenvalue weighted by Crippen LogP contribution is 2.32. The maximum absolute atomic E-state index is 12.8. The number of amides is 1. The van der Waals surface area contributed by atoms with Crippen molar-refractivity contribution in [3.05, 3.63) is 87.3 Å². The predicted molar refractivity (Wildman–Crippen MR) is 112 cm³/mol. The van der Waals surface area contributed by atoms with Crippen molar-refractivity contribution in [3.63, 3.8) is 0 Å². The van der Waals surface area contributed by atoms with Gasteiger partial charge in [-0.1, -0.05) is 18.2 Å². The van der Waals surface area contributed by atoms with Crippen molar-refractivity contribution < 1.29 is 19.4 Å². The number of nitrogens with one attached hydrogen (secondary N) is 2. The number of aromatic nitrogens is 1. The summed E-state index contributed by atoms with van der Waals surface area (Å²) in [6, 6.07) is 14.9. The Morgan fingerprint density at radius 1 is 1.10 bits per heavy atom. The van der Waals surface area contributed by atoms with Crippen LogP contribution in [0.5, 0.6) is 11.5 Å². The summed E-state index contributed by atoms with van der Waals surface area (Å²) in [5, 5.41) is 12.1. The van der Waals surface area contributed by atoms with Crippen LogP contribution in [-0.2, 0) is 6.42 Å². The number of methoxy groups -OCH3 is 1. The number of H-pyrrole nitrogens is 1. The number of aromatic hydroxyl groups is 1. The Kier molecular flexibility index (Phi) is 5.10. The molecule has 0 aliphatic heterocycles. The molecule has 0 saturated heterocycles. The first-order chi connectivity index (χ1) is 14.4. The highest BCUT2D eigenvalue weighted by atomic mass is 16.5. The van der Waals surface area contributed by atoms with Gasteiger partial charge in [-0.05, 0) is 48.2 Å². The maximum Gasteiger partial charge on any atom is 0.261 e. The number of ketones is 1. The third kappa shape index (κ3) is 3.82. The topological polar surface area (TPSA) is 108 Å². The van der Waals surface area contributed by atoms with E-state index in [9.17, 15) is 19.5 Å². The number of ether oxygens (including phenoxy) is 1. The molecular weight excluding hydrogens is 384 g/mol. The second-order valence-corrected chi connectivity index (χ2v) is 7.21. The quantitative estimate of drug-likeness (QED) is 0.619. The first kappa shape index (κ1) is 19.4. The minimum Gasteiger partial charge on any atom is -0.508 e. The largest absolute Gasteiger partial charge is 0.508 e. The number of hydrogen-bond acceptors (Lipinski definition) is 5. The number of fused-ring (bicyclic) bond motifs is 1. The molecule has 3 N–H and O–H groups in total. The fraction of sp³-hybridized carbons (Fsp3) is 0.174. The summed E-state index contributed by atoms with van der Waals surface area (Å²) in [7, 11) is 1.59. The van der Waals surface area contributed by atoms with Gasteiger partial charge in [-0.3, -0.25) is 14.4 Å². The van der Waals surface area contributed by atoms with Gasteiger partial charge in [0.15, 0.2) is 5.78 Å². The van der Waals surface area contributed by atoms with E-state index in [0.29, 0.717) is 29.8 Å².